The molecule has 132 valence electrons. The summed E-state index contributed by atoms with van der Waals surface area (Å²) in [7, 11) is 1.51. The quantitative estimate of drug-likeness (QED) is 0.589. The maximum atomic E-state index is 12.3. The van der Waals surface area contributed by atoms with Crippen molar-refractivity contribution in [2.45, 2.75) is 6.92 Å². The Labute approximate surface area is 146 Å². The van der Waals surface area contributed by atoms with E-state index in [1.54, 1.807) is 48.5 Å². The molecule has 2 aromatic rings. The van der Waals surface area contributed by atoms with E-state index < -0.39 is 5.97 Å². The molecule has 1 amide bonds. The van der Waals surface area contributed by atoms with Crippen molar-refractivity contribution in [1.29, 1.82) is 0 Å². The highest BCUT2D eigenvalue weighted by molar-refractivity contribution is 6.06. The zero-order valence-corrected chi connectivity index (χ0v) is 14.3. The molecule has 0 aliphatic heterocycles. The van der Waals surface area contributed by atoms with Crippen molar-refractivity contribution in [2.24, 2.45) is 0 Å². The molecular formula is C19H21NO5. The molecule has 6 nitrogen and oxygen atoms in total. The van der Waals surface area contributed by atoms with Crippen molar-refractivity contribution in [1.82, 2.24) is 0 Å². The summed E-state index contributed by atoms with van der Waals surface area (Å²) in [6, 6.07) is 13.4. The van der Waals surface area contributed by atoms with Crippen molar-refractivity contribution in [3.63, 3.8) is 0 Å². The molecule has 0 saturated carbocycles. The first-order valence-electron chi connectivity index (χ1n) is 7.95. The monoisotopic (exact) mass is 343 g/mol. The number of hydrogen-bond acceptors (Lipinski definition) is 5. The van der Waals surface area contributed by atoms with Crippen molar-refractivity contribution in [3.05, 3.63) is 59.7 Å². The van der Waals surface area contributed by atoms with Crippen molar-refractivity contribution < 1.29 is 23.8 Å². The van der Waals surface area contributed by atoms with E-state index in [4.69, 9.17) is 14.2 Å². The molecule has 0 aromatic heterocycles. The van der Waals surface area contributed by atoms with E-state index in [1.807, 2.05) is 6.92 Å². The molecule has 0 bridgehead atoms. The highest BCUT2D eigenvalue weighted by Crippen LogP contribution is 2.19. The van der Waals surface area contributed by atoms with E-state index in [1.165, 1.54) is 7.11 Å². The number of rotatable bonds is 8. The lowest BCUT2D eigenvalue weighted by Crippen LogP contribution is -2.13. The highest BCUT2D eigenvalue weighted by Gasteiger charge is 2.12. The molecule has 2 rings (SSSR count). The predicted octanol–water partition coefficient (Wildman–Crippen LogP) is 3.14. The molecule has 0 spiro atoms. The summed E-state index contributed by atoms with van der Waals surface area (Å²) in [5.74, 6) is -0.221. The Kier molecular flexibility index (Phi) is 6.98. The zero-order valence-electron chi connectivity index (χ0n) is 14.3. The SMILES string of the molecule is CCOCCOC(=O)c1ccc(NC(=O)c2ccccc2OC)cc1. The average Bonchev–Trinajstić information content (AvgIpc) is 2.65. The van der Waals surface area contributed by atoms with Crippen LogP contribution in [0.4, 0.5) is 5.69 Å². The number of benzene rings is 2. The summed E-state index contributed by atoms with van der Waals surface area (Å²) in [5, 5.41) is 2.77. The summed E-state index contributed by atoms with van der Waals surface area (Å²) in [6.45, 7) is 3.03. The van der Waals surface area contributed by atoms with Crippen LogP contribution in [0.1, 0.15) is 27.6 Å². The first-order chi connectivity index (χ1) is 12.2. The van der Waals surface area contributed by atoms with Crippen LogP contribution in [0.2, 0.25) is 0 Å². The molecule has 0 radical (unpaired) electrons. The van der Waals surface area contributed by atoms with Crippen LogP contribution >= 0.6 is 0 Å². The molecule has 0 heterocycles. The van der Waals surface area contributed by atoms with Crippen LogP contribution in [0.15, 0.2) is 48.5 Å². The number of esters is 1. The number of methoxy groups -OCH3 is 1. The van der Waals surface area contributed by atoms with Gasteiger partial charge >= 0.3 is 5.97 Å². The second-order valence-corrected chi connectivity index (χ2v) is 5.06. The van der Waals surface area contributed by atoms with Gasteiger partial charge in [0.2, 0.25) is 0 Å². The number of anilines is 1. The molecule has 0 atom stereocenters. The number of hydrogen-bond donors (Lipinski definition) is 1. The summed E-state index contributed by atoms with van der Waals surface area (Å²) in [5.41, 5.74) is 1.41. The van der Waals surface area contributed by atoms with Crippen LogP contribution in [0, 0.1) is 0 Å². The third kappa shape index (κ3) is 5.32. The minimum Gasteiger partial charge on any atom is -0.496 e. The van der Waals surface area contributed by atoms with Crippen LogP contribution < -0.4 is 10.1 Å². The predicted molar refractivity (Wildman–Crippen MR) is 94.2 cm³/mol. The number of carbonyl (C=O) groups excluding carboxylic acids is 2. The van der Waals surface area contributed by atoms with Crippen LogP contribution in [0.5, 0.6) is 5.75 Å². The fraction of sp³-hybridized carbons (Fsp3) is 0.263. The van der Waals surface area contributed by atoms with Gasteiger partial charge in [-0.05, 0) is 43.3 Å². The van der Waals surface area contributed by atoms with Gasteiger partial charge in [-0.1, -0.05) is 12.1 Å². The third-order valence-electron chi connectivity index (χ3n) is 3.40. The highest BCUT2D eigenvalue weighted by atomic mass is 16.6. The Morgan fingerprint density at radius 3 is 2.40 bits per heavy atom. The molecule has 0 unspecified atom stereocenters. The minimum absolute atomic E-state index is 0.207. The second-order valence-electron chi connectivity index (χ2n) is 5.06. The van der Waals surface area contributed by atoms with Crippen molar-refractivity contribution in [3.8, 4) is 5.75 Å². The maximum absolute atomic E-state index is 12.3. The Balaban J connectivity index is 1.95. The van der Waals surface area contributed by atoms with Gasteiger partial charge < -0.3 is 19.5 Å². The number of para-hydroxylation sites is 1. The molecule has 0 saturated heterocycles. The van der Waals surface area contributed by atoms with Crippen molar-refractivity contribution >= 4 is 17.6 Å². The van der Waals surface area contributed by atoms with Crippen molar-refractivity contribution in [2.75, 3.05) is 32.2 Å². The molecule has 1 N–H and O–H groups in total. The standard InChI is InChI=1S/C19H21NO5/c1-3-24-12-13-25-19(22)14-8-10-15(11-9-14)20-18(21)16-6-4-5-7-17(16)23-2/h4-11H,3,12-13H2,1-2H3,(H,20,21). The largest absolute Gasteiger partial charge is 0.496 e. The number of ether oxygens (including phenoxy) is 3. The first-order valence-corrected chi connectivity index (χ1v) is 7.95. The molecule has 0 aliphatic carbocycles. The minimum atomic E-state index is -0.428. The fourth-order valence-electron chi connectivity index (χ4n) is 2.14. The molecule has 0 fully saturated rings. The fourth-order valence-corrected chi connectivity index (χ4v) is 2.14. The molecule has 6 heteroatoms. The second kappa shape index (κ2) is 9.44. The number of amides is 1. The lowest BCUT2D eigenvalue weighted by atomic mass is 10.1. The zero-order chi connectivity index (χ0) is 18.1. The van der Waals surface area contributed by atoms with Gasteiger partial charge in [0.15, 0.2) is 0 Å². The normalized spacial score (nSPS) is 10.2. The Morgan fingerprint density at radius 2 is 1.72 bits per heavy atom. The van der Waals surface area contributed by atoms with E-state index in [-0.39, 0.29) is 12.5 Å². The Bertz CT molecular complexity index is 712. The topological polar surface area (TPSA) is 73.9 Å². The average molecular weight is 343 g/mol. The third-order valence-corrected chi connectivity index (χ3v) is 3.40. The van der Waals surface area contributed by atoms with E-state index in [0.717, 1.165) is 0 Å². The summed E-state index contributed by atoms with van der Waals surface area (Å²) < 4.78 is 15.4. The molecule has 0 aliphatic rings. The lowest BCUT2D eigenvalue weighted by Gasteiger charge is -2.09. The van der Waals surface area contributed by atoms with Gasteiger partial charge in [-0.3, -0.25) is 4.79 Å². The number of carbonyl (C=O) groups is 2. The molecular weight excluding hydrogens is 322 g/mol. The van der Waals surface area contributed by atoms with E-state index in [0.29, 0.717) is 35.8 Å². The lowest BCUT2D eigenvalue weighted by molar-refractivity contribution is 0.0335. The Morgan fingerprint density at radius 1 is 1.00 bits per heavy atom. The van der Waals surface area contributed by atoms with E-state index in [9.17, 15) is 9.59 Å². The van der Waals surface area contributed by atoms with Crippen LogP contribution in [-0.2, 0) is 9.47 Å². The molecule has 25 heavy (non-hydrogen) atoms. The van der Waals surface area contributed by atoms with Gasteiger partial charge in [0, 0.05) is 12.3 Å². The summed E-state index contributed by atoms with van der Waals surface area (Å²) in [4.78, 5) is 24.2. The summed E-state index contributed by atoms with van der Waals surface area (Å²) in [6.07, 6.45) is 0. The van der Waals surface area contributed by atoms with Gasteiger partial charge in [-0.25, -0.2) is 4.79 Å². The molecule has 2 aromatic carbocycles. The van der Waals surface area contributed by atoms with E-state index >= 15 is 0 Å². The first kappa shape index (κ1) is 18.5. The van der Waals surface area contributed by atoms with Crippen LogP contribution in [0.25, 0.3) is 0 Å². The number of nitrogens with one attached hydrogen (secondary N) is 1. The van der Waals surface area contributed by atoms with Crippen LogP contribution in [0.3, 0.4) is 0 Å². The van der Waals surface area contributed by atoms with Gasteiger partial charge in [-0.15, -0.1) is 0 Å². The van der Waals surface area contributed by atoms with Crippen LogP contribution in [-0.4, -0.2) is 38.8 Å². The summed E-state index contributed by atoms with van der Waals surface area (Å²) >= 11 is 0. The van der Waals surface area contributed by atoms with E-state index in [2.05, 4.69) is 5.32 Å². The van der Waals surface area contributed by atoms with Gasteiger partial charge in [0.05, 0.1) is 24.8 Å². The van der Waals surface area contributed by atoms with Gasteiger partial charge in [-0.2, -0.15) is 0 Å². The van der Waals surface area contributed by atoms with Gasteiger partial charge in [0.1, 0.15) is 12.4 Å². The Hall–Kier alpha value is -2.86. The maximum Gasteiger partial charge on any atom is 0.338 e. The van der Waals surface area contributed by atoms with Gasteiger partial charge in [0.25, 0.3) is 5.91 Å². The smallest absolute Gasteiger partial charge is 0.338 e.